The molecule has 16 rings (SSSR count). The van der Waals surface area contributed by atoms with Crippen molar-refractivity contribution in [1.29, 1.82) is 0 Å². The van der Waals surface area contributed by atoms with Crippen LogP contribution in [0.2, 0.25) is 0 Å². The average Bonchev–Trinajstić information content (AvgIpc) is 1.50. The van der Waals surface area contributed by atoms with Gasteiger partial charge in [0.25, 0.3) is 0 Å². The summed E-state index contributed by atoms with van der Waals surface area (Å²) in [7, 11) is 0. The van der Waals surface area contributed by atoms with Crippen LogP contribution in [0.5, 0.6) is 11.5 Å². The molecule has 0 amide bonds. The summed E-state index contributed by atoms with van der Waals surface area (Å²) in [4.78, 5) is 7.74. The Morgan fingerprint density at radius 3 is 1.66 bits per heavy atom. The van der Waals surface area contributed by atoms with Gasteiger partial charge in [-0.2, -0.15) is 0 Å². The minimum atomic E-state index is -2.47. The fourth-order valence-electron chi connectivity index (χ4n) is 14.5. The predicted octanol–water partition coefficient (Wildman–Crippen LogP) is 22.8. The van der Waals surface area contributed by atoms with Gasteiger partial charge in [-0.3, -0.25) is 0 Å². The quantitative estimate of drug-likeness (QED) is 0.152. The van der Waals surface area contributed by atoms with Crippen LogP contribution in [0.1, 0.15) is 111 Å². The Morgan fingerprint density at radius 2 is 0.978 bits per heavy atom. The van der Waals surface area contributed by atoms with Gasteiger partial charge in [-0.15, -0.1) is 0 Å². The summed E-state index contributed by atoms with van der Waals surface area (Å²) < 4.78 is 42.5. The van der Waals surface area contributed by atoms with Gasteiger partial charge in [0, 0.05) is 25.7 Å². The maximum absolute atomic E-state index is 9.15. The molecule has 0 bridgehead atoms. The van der Waals surface area contributed by atoms with E-state index in [2.05, 4.69) is 320 Å². The number of hydrogen-bond acceptors (Lipinski definition) is 3. The molecular weight excluding hydrogens is 1330 g/mol. The molecule has 1 aliphatic carbocycles. The molecule has 14 aromatic rings. The third kappa shape index (κ3) is 9.61. The van der Waals surface area contributed by atoms with E-state index < -0.39 is 12.3 Å². The zero-order valence-electron chi connectivity index (χ0n) is 56.7. The molecule has 4 heterocycles. The third-order valence-corrected chi connectivity index (χ3v) is 21.4. The summed E-state index contributed by atoms with van der Waals surface area (Å²) in [6.07, 6.45) is 1.76. The van der Waals surface area contributed by atoms with Gasteiger partial charge in [0.2, 0.25) is 0 Å². The second kappa shape index (κ2) is 21.9. The predicted molar refractivity (Wildman–Crippen MR) is 383 cm³/mol. The molecule has 1 spiro atoms. The molecule has 7 heteroatoms. The number of aryl methyl sites for hydroxylation is 1. The van der Waals surface area contributed by atoms with E-state index in [-0.39, 0.29) is 21.8 Å². The normalized spacial score (nSPS) is 14.0. The zero-order chi connectivity index (χ0) is 66.4. The van der Waals surface area contributed by atoms with E-state index in [0.717, 1.165) is 81.4 Å². The molecule has 93 heavy (non-hydrogen) atoms. The van der Waals surface area contributed by atoms with Crippen LogP contribution in [-0.2, 0) is 41.0 Å². The van der Waals surface area contributed by atoms with Gasteiger partial charge in [0.1, 0.15) is 0 Å². The molecule has 0 fully saturated rings. The summed E-state index contributed by atoms with van der Waals surface area (Å²) in [6.45, 7) is 17.9. The monoisotopic (exact) mass is 1410 g/mol. The molecule has 2 aliphatic rings. The van der Waals surface area contributed by atoms with Crippen LogP contribution in [0.3, 0.4) is 0 Å². The SMILES string of the molecule is [2H]C([2H])([2H])c1cc(-n2c3cc(Oc4cccc(-n5[c](=[Pt])n(-c6c(-c7ccccc7)cccc6-c6cc(C(C)(C)C)cc(C(C)(C)C)c6)c6ccccc65)c4)ccc3c3cc4c(cc32)C2(c3ccccc3Sc3ccccc32)c2ccccc2-4)ncc1-c1ccc(C(C)(C)C)cc1. The summed E-state index contributed by atoms with van der Waals surface area (Å²) >= 11 is 4.35. The van der Waals surface area contributed by atoms with Crippen molar-refractivity contribution in [2.75, 3.05) is 0 Å². The first-order chi connectivity index (χ1) is 46.0. The van der Waals surface area contributed by atoms with Crippen LogP contribution in [0.25, 0.3) is 94.5 Å². The molecule has 3 aromatic heterocycles. The van der Waals surface area contributed by atoms with Gasteiger partial charge < -0.3 is 0 Å². The van der Waals surface area contributed by atoms with Crippen molar-refractivity contribution in [3.05, 3.63) is 303 Å². The van der Waals surface area contributed by atoms with E-state index in [9.17, 15) is 0 Å². The number of rotatable bonds is 8. The number of fused-ring (bicyclic) bond motifs is 13. The number of para-hydroxylation sites is 3. The first-order valence-corrected chi connectivity index (χ1v) is 34.0. The van der Waals surface area contributed by atoms with Gasteiger partial charge in [0.05, 0.1) is 5.41 Å². The van der Waals surface area contributed by atoms with Gasteiger partial charge in [-0.1, -0.05) is 117 Å². The van der Waals surface area contributed by atoms with E-state index in [4.69, 9.17) is 13.8 Å². The molecule has 0 N–H and O–H groups in total. The van der Waals surface area contributed by atoms with Crippen LogP contribution in [0, 0.1) is 10.7 Å². The fourth-order valence-corrected chi connectivity index (χ4v) is 16.8. The second-order valence-corrected chi connectivity index (χ2v) is 30.2. The van der Waals surface area contributed by atoms with Crippen molar-refractivity contribution >= 4 is 44.6 Å². The number of imidazole rings is 1. The zero-order valence-corrected chi connectivity index (χ0v) is 56.8. The van der Waals surface area contributed by atoms with Crippen molar-refractivity contribution < 1.29 is 28.2 Å². The molecule has 0 saturated carbocycles. The molecule has 0 atom stereocenters. The number of ether oxygens (including phenoxy) is 1. The molecule has 0 saturated heterocycles. The van der Waals surface area contributed by atoms with Gasteiger partial charge in [0.15, 0.2) is 0 Å². The summed E-state index contributed by atoms with van der Waals surface area (Å²) in [5.74, 6) is 1.77. The molecule has 5 nitrogen and oxygen atoms in total. The van der Waals surface area contributed by atoms with E-state index in [1.807, 2.05) is 30.0 Å². The number of pyridine rings is 1. The summed E-state index contributed by atoms with van der Waals surface area (Å²) in [5, 5.41) is 2.00. The number of nitrogens with zero attached hydrogens (tertiary/aromatic N) is 4. The number of aromatic nitrogens is 4. The van der Waals surface area contributed by atoms with E-state index >= 15 is 0 Å². The first kappa shape index (κ1) is 55.3. The Bertz CT molecular complexity index is 5480. The molecule has 0 unspecified atom stereocenters. The minimum absolute atomic E-state index is 0.0750. The van der Waals surface area contributed by atoms with Crippen molar-refractivity contribution in [2.24, 2.45) is 0 Å². The molecule has 458 valence electrons. The van der Waals surface area contributed by atoms with Crippen LogP contribution < -0.4 is 4.74 Å². The Kier molecular flexibility index (Phi) is 13.0. The van der Waals surface area contributed by atoms with Crippen LogP contribution in [0.15, 0.2) is 265 Å². The van der Waals surface area contributed by atoms with Crippen LogP contribution >= 0.6 is 11.8 Å². The van der Waals surface area contributed by atoms with Crippen molar-refractivity contribution in [3.63, 3.8) is 0 Å². The van der Waals surface area contributed by atoms with E-state index in [1.54, 1.807) is 12.3 Å². The standard InChI is InChI=1S/C86H72N4OS.Pt/c1-54-44-81(87-52-70(54)56-38-40-58(41-39-56)83(2,3)4)90-77-49-63(42-43-67(77)69-50-68-66-28-14-15-31-71(66)86(74(68)51-78(69)90)72-32-16-20-36-79(72)92-80-37-21-17-33-73(80)86)91-62-27-22-26-61(48-62)88-53-89(76-35-19-18-34-75(76)88)82-64(55-24-12-11-13-25-55)29-23-30-65(82)57-45-59(84(5,6)7)47-60(46-57)85(8,9)10;/h11-52H,1-10H3;/i1D3;. The summed E-state index contributed by atoms with van der Waals surface area (Å²) in [5.41, 5.74) is 22.2. The molecule has 11 aromatic carbocycles. The van der Waals surface area contributed by atoms with Gasteiger partial charge in [-0.25, -0.2) is 0 Å². The Morgan fingerprint density at radius 1 is 0.409 bits per heavy atom. The van der Waals surface area contributed by atoms with E-state index in [0.29, 0.717) is 22.9 Å². The second-order valence-electron chi connectivity index (χ2n) is 28.1. The summed E-state index contributed by atoms with van der Waals surface area (Å²) in [6, 6.07) is 89.4. The first-order valence-electron chi connectivity index (χ1n) is 33.6. The van der Waals surface area contributed by atoms with Crippen molar-refractivity contribution in [2.45, 2.75) is 101 Å². The third-order valence-electron chi connectivity index (χ3n) is 19.2. The van der Waals surface area contributed by atoms with Gasteiger partial charge >= 0.3 is 346 Å². The maximum atomic E-state index is 9.15. The van der Waals surface area contributed by atoms with Crippen LogP contribution in [-0.4, -0.2) is 18.7 Å². The minimum Gasteiger partial charge on any atom is -0.0894 e. The number of benzene rings is 11. The topological polar surface area (TPSA) is 36.9 Å². The smallest absolute Gasteiger partial charge is 0.0894 e. The van der Waals surface area contributed by atoms with Crippen molar-refractivity contribution in [1.82, 2.24) is 18.7 Å². The fraction of sp³-hybridized carbons (Fsp3) is 0.163. The van der Waals surface area contributed by atoms with Crippen LogP contribution in [0.4, 0.5) is 0 Å². The average molecular weight is 1410 g/mol. The molecule has 1 aliphatic heterocycles. The molecular formula is C86H72N4OPtS. The Hall–Kier alpha value is -9.32. The Labute approximate surface area is 564 Å². The van der Waals surface area contributed by atoms with Gasteiger partial charge in [-0.05, 0) is 74.5 Å². The molecule has 0 radical (unpaired) electrons. The Balaban J connectivity index is 0.881. The number of hydrogen-bond donors (Lipinski definition) is 0. The van der Waals surface area contributed by atoms with E-state index in [1.165, 1.54) is 54.3 Å². The van der Waals surface area contributed by atoms with Crippen molar-refractivity contribution in [3.8, 4) is 73.2 Å².